The third kappa shape index (κ3) is 5.10. The van der Waals surface area contributed by atoms with Crippen LogP contribution in [0, 0.1) is 0 Å². The van der Waals surface area contributed by atoms with E-state index in [2.05, 4.69) is 20.8 Å². The van der Waals surface area contributed by atoms with Gasteiger partial charge in [-0.3, -0.25) is 0 Å². The van der Waals surface area contributed by atoms with Gasteiger partial charge >= 0.3 is 0 Å². The molecule has 13 heavy (non-hydrogen) atoms. The lowest BCUT2D eigenvalue weighted by molar-refractivity contribution is 0.534. The minimum atomic E-state index is 0.461. The molecule has 5 nitrogen and oxygen atoms in total. The molecule has 0 radical (unpaired) electrons. The fraction of sp³-hybridized carbons (Fsp3) is 0.500. The van der Waals surface area contributed by atoms with Crippen molar-refractivity contribution in [1.82, 2.24) is 20.8 Å². The molecule has 0 aliphatic carbocycles. The van der Waals surface area contributed by atoms with Crippen LogP contribution in [0.3, 0.4) is 0 Å². The molecule has 0 spiro atoms. The minimum absolute atomic E-state index is 0.461. The maximum atomic E-state index is 5.18. The van der Waals surface area contributed by atoms with E-state index in [1.54, 1.807) is 18.3 Å². The van der Waals surface area contributed by atoms with E-state index >= 15 is 0 Å². The van der Waals surface area contributed by atoms with Gasteiger partial charge in [-0.1, -0.05) is 0 Å². The van der Waals surface area contributed by atoms with Gasteiger partial charge in [0, 0.05) is 32.4 Å². The highest BCUT2D eigenvalue weighted by Gasteiger charge is 1.91. The lowest BCUT2D eigenvalue weighted by Gasteiger charge is -2.11. The van der Waals surface area contributed by atoms with Crippen LogP contribution in [-0.2, 0) is 0 Å². The Labute approximate surface area is 77.7 Å². The number of hydrogen-bond acceptors (Lipinski definition) is 5. The number of aromatic nitrogens is 2. The molecule has 1 aliphatic rings. The average Bonchev–Trinajstić information content (AvgIpc) is 2.22. The second-order valence-electron chi connectivity index (χ2n) is 2.65. The Balaban J connectivity index is 0.000000132. The number of rotatable bonds is 0. The summed E-state index contributed by atoms with van der Waals surface area (Å²) in [5.74, 6) is 0.461. The lowest BCUT2D eigenvalue weighted by atomic mass is 10.4. The number of piperazine rings is 1. The summed E-state index contributed by atoms with van der Waals surface area (Å²) in [6.07, 6.45) is 1.58. The van der Waals surface area contributed by atoms with Crippen LogP contribution in [0.4, 0.5) is 5.82 Å². The highest BCUT2D eigenvalue weighted by molar-refractivity contribution is 5.22. The van der Waals surface area contributed by atoms with Gasteiger partial charge in [0.2, 0.25) is 0 Å². The number of nitrogens with two attached hydrogens (primary N) is 1. The average molecular weight is 181 g/mol. The van der Waals surface area contributed by atoms with Crippen molar-refractivity contribution < 1.29 is 0 Å². The fourth-order valence-electron chi connectivity index (χ4n) is 0.917. The lowest BCUT2D eigenvalue weighted by Crippen LogP contribution is -2.39. The molecule has 0 atom stereocenters. The first-order valence-electron chi connectivity index (χ1n) is 4.34. The predicted molar refractivity (Wildman–Crippen MR) is 52.2 cm³/mol. The molecular formula is C8H15N5. The third-order valence-electron chi connectivity index (χ3n) is 1.55. The molecule has 2 rings (SSSR count). The zero-order valence-corrected chi connectivity index (χ0v) is 7.53. The van der Waals surface area contributed by atoms with E-state index in [9.17, 15) is 0 Å². The van der Waals surface area contributed by atoms with Crippen LogP contribution in [0.15, 0.2) is 18.3 Å². The Kier molecular flexibility index (Phi) is 4.81. The second-order valence-corrected chi connectivity index (χ2v) is 2.65. The maximum Gasteiger partial charge on any atom is 0.146 e. The first-order valence-corrected chi connectivity index (χ1v) is 4.34. The van der Waals surface area contributed by atoms with Crippen molar-refractivity contribution in [2.75, 3.05) is 31.9 Å². The maximum absolute atomic E-state index is 5.18. The summed E-state index contributed by atoms with van der Waals surface area (Å²) in [5.41, 5.74) is 5.18. The zero-order chi connectivity index (χ0) is 9.36. The summed E-state index contributed by atoms with van der Waals surface area (Å²) in [6.45, 7) is 4.56. The molecule has 1 aromatic rings. The van der Waals surface area contributed by atoms with Crippen molar-refractivity contribution in [3.63, 3.8) is 0 Å². The molecule has 0 bridgehead atoms. The molecule has 1 fully saturated rings. The Hall–Kier alpha value is -1.20. The van der Waals surface area contributed by atoms with Crippen LogP contribution >= 0.6 is 0 Å². The molecule has 1 aromatic heterocycles. The quantitative estimate of drug-likeness (QED) is 0.490. The van der Waals surface area contributed by atoms with Crippen molar-refractivity contribution >= 4 is 5.82 Å². The van der Waals surface area contributed by atoms with Crippen LogP contribution in [0.5, 0.6) is 0 Å². The molecule has 0 aromatic carbocycles. The smallest absolute Gasteiger partial charge is 0.146 e. The summed E-state index contributed by atoms with van der Waals surface area (Å²) < 4.78 is 0. The number of nitrogen functional groups attached to an aromatic ring is 1. The van der Waals surface area contributed by atoms with Gasteiger partial charge in [-0.2, -0.15) is 5.10 Å². The molecular weight excluding hydrogens is 166 g/mol. The molecule has 72 valence electrons. The molecule has 0 amide bonds. The standard InChI is InChI=1S/C4H5N3.C4H10N2/c5-4-2-1-3-6-7-4;1-2-6-4-3-5-1/h1-3H,(H2,5,7);5-6H,1-4H2. The van der Waals surface area contributed by atoms with Gasteiger partial charge in [-0.05, 0) is 12.1 Å². The van der Waals surface area contributed by atoms with E-state index in [1.165, 1.54) is 0 Å². The predicted octanol–water partition coefficient (Wildman–Crippen LogP) is -0.762. The van der Waals surface area contributed by atoms with Crippen molar-refractivity contribution in [3.05, 3.63) is 18.3 Å². The minimum Gasteiger partial charge on any atom is -0.382 e. The zero-order valence-electron chi connectivity index (χ0n) is 7.53. The van der Waals surface area contributed by atoms with Crippen molar-refractivity contribution in [3.8, 4) is 0 Å². The number of nitrogens with zero attached hydrogens (tertiary/aromatic N) is 2. The number of anilines is 1. The summed E-state index contributed by atoms with van der Waals surface area (Å²) in [6, 6.07) is 3.43. The highest BCUT2D eigenvalue weighted by atomic mass is 15.1. The molecule has 0 saturated carbocycles. The van der Waals surface area contributed by atoms with Gasteiger partial charge in [-0.25, -0.2) is 0 Å². The first kappa shape index (κ1) is 9.88. The summed E-state index contributed by atoms with van der Waals surface area (Å²) in [5, 5.41) is 13.5. The molecule has 1 aliphatic heterocycles. The fourth-order valence-corrected chi connectivity index (χ4v) is 0.917. The van der Waals surface area contributed by atoms with Gasteiger partial charge in [0.25, 0.3) is 0 Å². The normalized spacial score (nSPS) is 15.7. The Morgan fingerprint density at radius 1 is 1.15 bits per heavy atom. The van der Waals surface area contributed by atoms with Gasteiger partial charge in [0.15, 0.2) is 0 Å². The monoisotopic (exact) mass is 181 g/mol. The van der Waals surface area contributed by atoms with Crippen molar-refractivity contribution in [2.24, 2.45) is 0 Å². The summed E-state index contributed by atoms with van der Waals surface area (Å²) >= 11 is 0. The van der Waals surface area contributed by atoms with Crippen LogP contribution in [0.25, 0.3) is 0 Å². The Bertz CT molecular complexity index is 198. The van der Waals surface area contributed by atoms with Gasteiger partial charge in [0.1, 0.15) is 5.82 Å². The summed E-state index contributed by atoms with van der Waals surface area (Å²) in [4.78, 5) is 0. The molecule has 2 heterocycles. The second kappa shape index (κ2) is 6.33. The van der Waals surface area contributed by atoms with Crippen LogP contribution < -0.4 is 16.4 Å². The van der Waals surface area contributed by atoms with E-state index in [-0.39, 0.29) is 0 Å². The molecule has 0 unspecified atom stereocenters. The van der Waals surface area contributed by atoms with Crippen molar-refractivity contribution in [1.29, 1.82) is 0 Å². The highest BCUT2D eigenvalue weighted by Crippen LogP contribution is 1.86. The third-order valence-corrected chi connectivity index (χ3v) is 1.55. The van der Waals surface area contributed by atoms with Crippen LogP contribution in [0.1, 0.15) is 0 Å². The van der Waals surface area contributed by atoms with E-state index in [1.807, 2.05) is 0 Å². The number of hydrogen-bond donors (Lipinski definition) is 3. The van der Waals surface area contributed by atoms with Gasteiger partial charge < -0.3 is 16.4 Å². The van der Waals surface area contributed by atoms with Crippen molar-refractivity contribution in [2.45, 2.75) is 0 Å². The molecule has 1 saturated heterocycles. The van der Waals surface area contributed by atoms with Gasteiger partial charge in [-0.15, -0.1) is 5.10 Å². The summed E-state index contributed by atoms with van der Waals surface area (Å²) in [7, 11) is 0. The Morgan fingerprint density at radius 3 is 2.00 bits per heavy atom. The largest absolute Gasteiger partial charge is 0.382 e. The van der Waals surface area contributed by atoms with Crippen LogP contribution in [0.2, 0.25) is 0 Å². The SMILES string of the molecule is C1CNCCN1.Nc1cccnn1. The van der Waals surface area contributed by atoms with E-state index < -0.39 is 0 Å². The van der Waals surface area contributed by atoms with Crippen LogP contribution in [-0.4, -0.2) is 36.4 Å². The Morgan fingerprint density at radius 2 is 1.77 bits per heavy atom. The molecule has 5 heteroatoms. The first-order chi connectivity index (χ1) is 6.39. The topological polar surface area (TPSA) is 75.9 Å². The molecule has 4 N–H and O–H groups in total. The van der Waals surface area contributed by atoms with E-state index in [0.29, 0.717) is 5.82 Å². The van der Waals surface area contributed by atoms with E-state index in [0.717, 1.165) is 26.2 Å². The van der Waals surface area contributed by atoms with E-state index in [4.69, 9.17) is 5.73 Å². The van der Waals surface area contributed by atoms with Gasteiger partial charge in [0.05, 0.1) is 0 Å². The number of nitrogens with one attached hydrogen (secondary N) is 2.